The number of halogens is 1. The van der Waals surface area contributed by atoms with Crippen LogP contribution in [0.4, 0.5) is 11.4 Å². The molecule has 1 N–H and O–H groups in total. The lowest BCUT2D eigenvalue weighted by molar-refractivity contribution is -0.114. The summed E-state index contributed by atoms with van der Waals surface area (Å²) in [6, 6.07) is 18.0. The number of carbonyl (C=O) groups is 2. The number of nitrogens with one attached hydrogen (secondary N) is 1. The summed E-state index contributed by atoms with van der Waals surface area (Å²) in [6.07, 6.45) is 0. The SMILES string of the molecule is COC(=O)c1cccc(NC(=O)CN(c2ccc(Cl)cc2)S(=O)(=O)c2ccc(OC)cc2)c1. The highest BCUT2D eigenvalue weighted by Crippen LogP contribution is 2.26. The molecule has 3 aromatic carbocycles. The van der Waals surface area contributed by atoms with Gasteiger partial charge in [0.15, 0.2) is 0 Å². The van der Waals surface area contributed by atoms with Gasteiger partial charge in [-0.25, -0.2) is 13.2 Å². The molecule has 0 unspecified atom stereocenters. The van der Waals surface area contributed by atoms with Crippen LogP contribution in [0.5, 0.6) is 5.75 Å². The molecule has 0 spiro atoms. The molecule has 0 atom stereocenters. The third kappa shape index (κ3) is 5.82. The third-order valence-electron chi connectivity index (χ3n) is 4.62. The molecular formula is C23H21ClN2O6S. The van der Waals surface area contributed by atoms with Gasteiger partial charge in [-0.2, -0.15) is 0 Å². The first kappa shape index (κ1) is 24.1. The first-order valence-electron chi connectivity index (χ1n) is 9.65. The standard InChI is InChI=1S/C23H21ClN2O6S/c1-31-20-10-12-21(13-11-20)33(29,30)26(19-8-6-17(24)7-9-19)15-22(27)25-18-5-3-4-16(14-18)23(28)32-2/h3-14H,15H2,1-2H3,(H,25,27). The summed E-state index contributed by atoms with van der Waals surface area (Å²) < 4.78 is 37.5. The highest BCUT2D eigenvalue weighted by molar-refractivity contribution is 7.92. The van der Waals surface area contributed by atoms with Crippen molar-refractivity contribution in [2.24, 2.45) is 0 Å². The molecule has 0 fully saturated rings. The van der Waals surface area contributed by atoms with Gasteiger partial charge < -0.3 is 14.8 Å². The third-order valence-corrected chi connectivity index (χ3v) is 6.66. The van der Waals surface area contributed by atoms with E-state index in [1.165, 1.54) is 74.9 Å². The lowest BCUT2D eigenvalue weighted by Gasteiger charge is -2.24. The Bertz CT molecular complexity index is 1240. The highest BCUT2D eigenvalue weighted by atomic mass is 35.5. The van der Waals surface area contributed by atoms with Crippen molar-refractivity contribution in [1.82, 2.24) is 0 Å². The van der Waals surface area contributed by atoms with Crippen molar-refractivity contribution in [2.75, 3.05) is 30.4 Å². The molecule has 0 aliphatic carbocycles. The summed E-state index contributed by atoms with van der Waals surface area (Å²) >= 11 is 5.95. The highest BCUT2D eigenvalue weighted by Gasteiger charge is 2.27. The zero-order valence-electron chi connectivity index (χ0n) is 17.8. The number of benzene rings is 3. The van der Waals surface area contributed by atoms with Gasteiger partial charge in [-0.1, -0.05) is 17.7 Å². The Morgan fingerprint density at radius 3 is 2.24 bits per heavy atom. The van der Waals surface area contributed by atoms with Gasteiger partial charge in [0.25, 0.3) is 10.0 Å². The van der Waals surface area contributed by atoms with Crippen LogP contribution in [-0.2, 0) is 19.6 Å². The fourth-order valence-electron chi connectivity index (χ4n) is 2.97. The molecular weight excluding hydrogens is 468 g/mol. The summed E-state index contributed by atoms with van der Waals surface area (Å²) in [4.78, 5) is 24.5. The summed E-state index contributed by atoms with van der Waals surface area (Å²) in [5.41, 5.74) is 0.824. The van der Waals surface area contributed by atoms with Crippen LogP contribution in [-0.4, -0.2) is 41.1 Å². The molecule has 3 aromatic rings. The average Bonchev–Trinajstić information content (AvgIpc) is 2.82. The Labute approximate surface area is 196 Å². The van der Waals surface area contributed by atoms with Crippen molar-refractivity contribution in [2.45, 2.75) is 4.90 Å². The fourth-order valence-corrected chi connectivity index (χ4v) is 4.52. The number of methoxy groups -OCH3 is 2. The van der Waals surface area contributed by atoms with Crippen molar-refractivity contribution in [3.05, 3.63) is 83.4 Å². The Balaban J connectivity index is 1.91. The second-order valence-electron chi connectivity index (χ2n) is 6.78. The first-order chi connectivity index (χ1) is 15.7. The molecule has 0 saturated heterocycles. The predicted octanol–water partition coefficient (Wildman–Crippen LogP) is 3.97. The van der Waals surface area contributed by atoms with E-state index in [-0.39, 0.29) is 16.1 Å². The largest absolute Gasteiger partial charge is 0.497 e. The van der Waals surface area contributed by atoms with Gasteiger partial charge in [0.1, 0.15) is 12.3 Å². The van der Waals surface area contributed by atoms with E-state index in [2.05, 4.69) is 10.1 Å². The summed E-state index contributed by atoms with van der Waals surface area (Å²) in [5.74, 6) is -0.671. The van der Waals surface area contributed by atoms with E-state index in [1.54, 1.807) is 12.1 Å². The van der Waals surface area contributed by atoms with Crippen LogP contribution in [0.2, 0.25) is 5.02 Å². The van der Waals surface area contributed by atoms with E-state index in [0.29, 0.717) is 16.5 Å². The number of nitrogens with zero attached hydrogens (tertiary/aromatic N) is 1. The van der Waals surface area contributed by atoms with E-state index in [1.807, 2.05) is 0 Å². The van der Waals surface area contributed by atoms with Crippen molar-refractivity contribution in [3.63, 3.8) is 0 Å². The van der Waals surface area contributed by atoms with Crippen LogP contribution in [0.1, 0.15) is 10.4 Å². The van der Waals surface area contributed by atoms with Gasteiger partial charge in [0.2, 0.25) is 5.91 Å². The summed E-state index contributed by atoms with van der Waals surface area (Å²) in [7, 11) is -1.38. The molecule has 3 rings (SSSR count). The van der Waals surface area contributed by atoms with Gasteiger partial charge in [-0.05, 0) is 66.7 Å². The monoisotopic (exact) mass is 488 g/mol. The minimum Gasteiger partial charge on any atom is -0.497 e. The van der Waals surface area contributed by atoms with Gasteiger partial charge in [0.05, 0.1) is 30.4 Å². The van der Waals surface area contributed by atoms with Gasteiger partial charge in [-0.3, -0.25) is 9.10 Å². The number of hydrogen-bond acceptors (Lipinski definition) is 6. The Kier molecular flexibility index (Phi) is 7.57. The molecule has 10 heteroatoms. The number of carbonyl (C=O) groups excluding carboxylic acids is 2. The lowest BCUT2D eigenvalue weighted by atomic mass is 10.2. The second kappa shape index (κ2) is 10.4. The Hall–Kier alpha value is -3.56. The molecule has 0 aliphatic rings. The Morgan fingerprint density at radius 1 is 0.970 bits per heavy atom. The van der Waals surface area contributed by atoms with Crippen molar-refractivity contribution in [3.8, 4) is 5.75 Å². The number of esters is 1. The minimum absolute atomic E-state index is 0.0151. The van der Waals surface area contributed by atoms with Crippen LogP contribution in [0.25, 0.3) is 0 Å². The maximum absolute atomic E-state index is 13.4. The van der Waals surface area contributed by atoms with E-state index in [0.717, 1.165) is 4.31 Å². The Morgan fingerprint density at radius 2 is 1.64 bits per heavy atom. The molecule has 172 valence electrons. The number of hydrogen-bond donors (Lipinski definition) is 1. The molecule has 0 radical (unpaired) electrons. The molecule has 8 nitrogen and oxygen atoms in total. The first-order valence-corrected chi connectivity index (χ1v) is 11.5. The van der Waals surface area contributed by atoms with Crippen molar-refractivity contribution >= 4 is 44.9 Å². The van der Waals surface area contributed by atoms with Crippen LogP contribution in [0.15, 0.2) is 77.7 Å². The van der Waals surface area contributed by atoms with Crippen LogP contribution in [0, 0.1) is 0 Å². The molecule has 33 heavy (non-hydrogen) atoms. The van der Waals surface area contributed by atoms with E-state index in [4.69, 9.17) is 16.3 Å². The molecule has 0 heterocycles. The quantitative estimate of drug-likeness (QED) is 0.481. The fraction of sp³-hybridized carbons (Fsp3) is 0.130. The van der Waals surface area contributed by atoms with Gasteiger partial charge in [0, 0.05) is 10.7 Å². The van der Waals surface area contributed by atoms with Crippen LogP contribution in [0.3, 0.4) is 0 Å². The normalized spacial score (nSPS) is 10.9. The van der Waals surface area contributed by atoms with E-state index in [9.17, 15) is 18.0 Å². The average molecular weight is 489 g/mol. The predicted molar refractivity (Wildman–Crippen MR) is 125 cm³/mol. The number of sulfonamides is 1. The number of ether oxygens (including phenoxy) is 2. The van der Waals surface area contributed by atoms with E-state index >= 15 is 0 Å². The lowest BCUT2D eigenvalue weighted by Crippen LogP contribution is -2.38. The zero-order chi connectivity index (χ0) is 24.0. The number of rotatable bonds is 8. The molecule has 0 aliphatic heterocycles. The molecule has 0 bridgehead atoms. The van der Waals surface area contributed by atoms with E-state index < -0.39 is 28.4 Å². The number of amides is 1. The minimum atomic E-state index is -4.11. The summed E-state index contributed by atoms with van der Waals surface area (Å²) in [5, 5.41) is 3.04. The van der Waals surface area contributed by atoms with Crippen LogP contribution >= 0.6 is 11.6 Å². The van der Waals surface area contributed by atoms with Gasteiger partial charge in [-0.15, -0.1) is 0 Å². The number of anilines is 2. The maximum Gasteiger partial charge on any atom is 0.337 e. The van der Waals surface area contributed by atoms with Crippen molar-refractivity contribution < 1.29 is 27.5 Å². The zero-order valence-corrected chi connectivity index (χ0v) is 19.4. The summed E-state index contributed by atoms with van der Waals surface area (Å²) in [6.45, 7) is -0.515. The van der Waals surface area contributed by atoms with Crippen molar-refractivity contribution in [1.29, 1.82) is 0 Å². The molecule has 0 aromatic heterocycles. The van der Waals surface area contributed by atoms with Crippen LogP contribution < -0.4 is 14.4 Å². The topological polar surface area (TPSA) is 102 Å². The molecule has 1 amide bonds. The van der Waals surface area contributed by atoms with Gasteiger partial charge >= 0.3 is 5.97 Å². The maximum atomic E-state index is 13.4. The smallest absolute Gasteiger partial charge is 0.337 e. The molecule has 0 saturated carbocycles. The second-order valence-corrected chi connectivity index (χ2v) is 9.08.